The smallest absolute Gasteiger partial charge is 0.236 e. The van der Waals surface area contributed by atoms with Crippen molar-refractivity contribution < 1.29 is 9.53 Å². The summed E-state index contributed by atoms with van der Waals surface area (Å²) in [4.78, 5) is 18.7. The second kappa shape index (κ2) is 7.03. The largest absolute Gasteiger partial charge is 0.484 e. The Hall–Kier alpha value is -2.09. The highest BCUT2D eigenvalue weighted by molar-refractivity contribution is 8.00. The molecule has 4 heterocycles. The van der Waals surface area contributed by atoms with E-state index in [2.05, 4.69) is 19.7 Å². The molecule has 2 aliphatic rings. The quantitative estimate of drug-likeness (QED) is 0.832. The van der Waals surface area contributed by atoms with Crippen LogP contribution in [0, 0.1) is 0 Å². The van der Waals surface area contributed by atoms with Crippen molar-refractivity contribution in [2.75, 3.05) is 12.3 Å². The lowest BCUT2D eigenvalue weighted by Gasteiger charge is -2.35. The van der Waals surface area contributed by atoms with Crippen LogP contribution >= 0.6 is 11.8 Å². The molecule has 132 valence electrons. The summed E-state index contributed by atoms with van der Waals surface area (Å²) in [6.45, 7) is 3.78. The number of pyridine rings is 1. The van der Waals surface area contributed by atoms with Gasteiger partial charge >= 0.3 is 0 Å². The van der Waals surface area contributed by atoms with E-state index in [9.17, 15) is 4.79 Å². The Labute approximate surface area is 150 Å². The van der Waals surface area contributed by atoms with Crippen molar-refractivity contribution in [3.8, 4) is 5.75 Å². The molecule has 1 fully saturated rings. The molecule has 0 aromatic carbocycles. The first-order valence-electron chi connectivity index (χ1n) is 8.61. The van der Waals surface area contributed by atoms with Crippen molar-refractivity contribution in [1.82, 2.24) is 24.6 Å². The van der Waals surface area contributed by atoms with E-state index in [1.54, 1.807) is 24.2 Å². The Morgan fingerprint density at radius 1 is 1.40 bits per heavy atom. The van der Waals surface area contributed by atoms with E-state index in [0.29, 0.717) is 25.4 Å². The molecule has 2 aromatic rings. The van der Waals surface area contributed by atoms with Gasteiger partial charge in [-0.05, 0) is 37.7 Å². The lowest BCUT2D eigenvalue weighted by Crippen LogP contribution is -2.44. The van der Waals surface area contributed by atoms with Crippen LogP contribution in [0.15, 0.2) is 24.5 Å². The third kappa shape index (κ3) is 3.22. The summed E-state index contributed by atoms with van der Waals surface area (Å²) in [5, 5.41) is 8.72. The molecule has 0 bridgehead atoms. The monoisotopic (exact) mass is 359 g/mol. The fourth-order valence-corrected chi connectivity index (χ4v) is 4.62. The molecule has 1 amide bonds. The second-order valence-corrected chi connectivity index (χ2v) is 7.62. The standard InChI is InChI=1S/C17H21N5O2S/c1-12-16-20-19-15(11-24-13-4-2-6-18-10-13)22(16)8-7-21(12)17(23)14-5-3-9-25-14/h2,4,6,10,12,14H,3,5,7-9,11H2,1H3. The molecule has 2 aliphatic heterocycles. The first kappa shape index (κ1) is 16.4. The maximum Gasteiger partial charge on any atom is 0.236 e. The zero-order valence-electron chi connectivity index (χ0n) is 14.2. The van der Waals surface area contributed by atoms with Crippen molar-refractivity contribution in [1.29, 1.82) is 0 Å². The number of fused-ring (bicyclic) bond motifs is 1. The van der Waals surface area contributed by atoms with Crippen LogP contribution in [-0.2, 0) is 17.9 Å². The van der Waals surface area contributed by atoms with E-state index in [1.165, 1.54) is 0 Å². The van der Waals surface area contributed by atoms with Gasteiger partial charge in [-0.25, -0.2) is 0 Å². The third-order valence-corrected chi connectivity index (χ3v) is 6.12. The van der Waals surface area contributed by atoms with Crippen molar-refractivity contribution in [2.45, 2.75) is 44.2 Å². The molecule has 7 nitrogen and oxygen atoms in total. The van der Waals surface area contributed by atoms with Crippen LogP contribution in [0.1, 0.15) is 37.5 Å². The summed E-state index contributed by atoms with van der Waals surface area (Å²) in [5.74, 6) is 3.67. The number of carbonyl (C=O) groups is 1. The fraction of sp³-hybridized carbons (Fsp3) is 0.529. The topological polar surface area (TPSA) is 73.1 Å². The molecule has 0 N–H and O–H groups in total. The number of amides is 1. The minimum Gasteiger partial charge on any atom is -0.484 e. The van der Waals surface area contributed by atoms with E-state index >= 15 is 0 Å². The van der Waals surface area contributed by atoms with Crippen molar-refractivity contribution in [2.24, 2.45) is 0 Å². The maximum absolute atomic E-state index is 12.8. The number of ether oxygens (including phenoxy) is 1. The first-order valence-corrected chi connectivity index (χ1v) is 9.66. The molecule has 0 radical (unpaired) electrons. The molecule has 2 atom stereocenters. The van der Waals surface area contributed by atoms with Gasteiger partial charge in [-0.2, -0.15) is 0 Å². The third-order valence-electron chi connectivity index (χ3n) is 4.75. The fourth-order valence-electron chi connectivity index (χ4n) is 3.39. The van der Waals surface area contributed by atoms with Gasteiger partial charge in [0.2, 0.25) is 5.91 Å². The van der Waals surface area contributed by atoms with E-state index in [-0.39, 0.29) is 17.2 Å². The van der Waals surface area contributed by atoms with Gasteiger partial charge < -0.3 is 14.2 Å². The van der Waals surface area contributed by atoms with Crippen LogP contribution in [-0.4, -0.2) is 48.1 Å². The Balaban J connectivity index is 1.46. The molecular formula is C17H21N5O2S. The molecule has 1 saturated heterocycles. The molecule has 2 aromatic heterocycles. The zero-order chi connectivity index (χ0) is 17.2. The Kier molecular flexibility index (Phi) is 4.61. The van der Waals surface area contributed by atoms with Gasteiger partial charge in [0.05, 0.1) is 17.5 Å². The Bertz CT molecular complexity index is 745. The van der Waals surface area contributed by atoms with E-state index in [4.69, 9.17) is 4.74 Å². The molecule has 0 saturated carbocycles. The van der Waals surface area contributed by atoms with Crippen LogP contribution in [0.2, 0.25) is 0 Å². The number of carbonyl (C=O) groups excluding carboxylic acids is 1. The van der Waals surface area contributed by atoms with Crippen LogP contribution < -0.4 is 4.74 Å². The molecule has 25 heavy (non-hydrogen) atoms. The summed E-state index contributed by atoms with van der Waals surface area (Å²) in [6, 6.07) is 3.64. The molecular weight excluding hydrogens is 338 g/mol. The SMILES string of the molecule is CC1c2nnc(COc3cccnc3)n2CCN1C(=O)C1CCCS1. The number of nitrogens with zero attached hydrogens (tertiary/aromatic N) is 5. The molecule has 0 spiro atoms. The van der Waals surface area contributed by atoms with Gasteiger partial charge in [0.25, 0.3) is 0 Å². The summed E-state index contributed by atoms with van der Waals surface area (Å²) >= 11 is 1.78. The van der Waals surface area contributed by atoms with Gasteiger partial charge in [0.15, 0.2) is 11.6 Å². The lowest BCUT2D eigenvalue weighted by molar-refractivity contribution is -0.134. The molecule has 2 unspecified atom stereocenters. The van der Waals surface area contributed by atoms with Crippen molar-refractivity contribution >= 4 is 17.7 Å². The van der Waals surface area contributed by atoms with E-state index < -0.39 is 0 Å². The normalized spacial score (nSPS) is 22.7. The number of thioether (sulfide) groups is 1. The first-order chi connectivity index (χ1) is 12.2. The van der Waals surface area contributed by atoms with E-state index in [1.807, 2.05) is 24.0 Å². The highest BCUT2D eigenvalue weighted by Crippen LogP contribution is 2.32. The van der Waals surface area contributed by atoms with Crippen LogP contribution in [0.25, 0.3) is 0 Å². The van der Waals surface area contributed by atoms with Crippen LogP contribution in [0.4, 0.5) is 0 Å². The minimum atomic E-state index is -0.0536. The van der Waals surface area contributed by atoms with Gasteiger partial charge in [0.1, 0.15) is 12.4 Å². The van der Waals surface area contributed by atoms with Gasteiger partial charge in [-0.15, -0.1) is 22.0 Å². The summed E-state index contributed by atoms with van der Waals surface area (Å²) in [7, 11) is 0. The Morgan fingerprint density at radius 2 is 2.32 bits per heavy atom. The summed E-state index contributed by atoms with van der Waals surface area (Å²) in [5.41, 5.74) is 0. The molecule has 4 rings (SSSR count). The highest BCUT2D eigenvalue weighted by atomic mass is 32.2. The average molecular weight is 359 g/mol. The number of hydrogen-bond donors (Lipinski definition) is 0. The lowest BCUT2D eigenvalue weighted by atomic mass is 10.1. The minimum absolute atomic E-state index is 0.0536. The predicted molar refractivity (Wildman–Crippen MR) is 94.2 cm³/mol. The molecule has 0 aliphatic carbocycles. The number of hydrogen-bond acceptors (Lipinski definition) is 6. The average Bonchev–Trinajstić information content (AvgIpc) is 3.31. The Morgan fingerprint density at radius 3 is 3.08 bits per heavy atom. The number of rotatable bonds is 4. The predicted octanol–water partition coefficient (Wildman–Crippen LogP) is 2.05. The van der Waals surface area contributed by atoms with Crippen molar-refractivity contribution in [3.05, 3.63) is 36.2 Å². The summed E-state index contributed by atoms with van der Waals surface area (Å²) < 4.78 is 7.81. The van der Waals surface area contributed by atoms with Crippen LogP contribution in [0.3, 0.4) is 0 Å². The zero-order valence-corrected chi connectivity index (χ0v) is 15.0. The molecule has 8 heteroatoms. The van der Waals surface area contributed by atoms with E-state index in [0.717, 1.165) is 30.2 Å². The van der Waals surface area contributed by atoms with Gasteiger partial charge in [-0.1, -0.05) is 0 Å². The van der Waals surface area contributed by atoms with Gasteiger partial charge in [0, 0.05) is 19.3 Å². The highest BCUT2D eigenvalue weighted by Gasteiger charge is 2.35. The maximum atomic E-state index is 12.8. The second-order valence-electron chi connectivity index (χ2n) is 6.31. The van der Waals surface area contributed by atoms with Crippen molar-refractivity contribution in [3.63, 3.8) is 0 Å². The van der Waals surface area contributed by atoms with Gasteiger partial charge in [-0.3, -0.25) is 9.78 Å². The number of aromatic nitrogens is 4. The van der Waals surface area contributed by atoms with Crippen LogP contribution in [0.5, 0.6) is 5.75 Å². The summed E-state index contributed by atoms with van der Waals surface area (Å²) in [6.07, 6.45) is 5.51.